The standard InChI is InChI=1S/C15H19N5O2/c1-22-8-13-15(21)20(5-4-17-13)7-10-2-3-11-12(6-10)18-9-19-14(11)16/h2-3,6,9,13,17H,4-5,7-8H2,1H3,(H2,16,18,19). The van der Waals surface area contributed by atoms with Crippen molar-refractivity contribution >= 4 is 22.6 Å². The van der Waals surface area contributed by atoms with Crippen molar-refractivity contribution in [3.05, 3.63) is 30.1 Å². The molecule has 1 saturated heterocycles. The van der Waals surface area contributed by atoms with Gasteiger partial charge in [0, 0.05) is 32.1 Å². The normalized spacial score (nSPS) is 18.9. The lowest BCUT2D eigenvalue weighted by Gasteiger charge is -2.33. The van der Waals surface area contributed by atoms with Crippen molar-refractivity contribution in [1.82, 2.24) is 20.2 Å². The van der Waals surface area contributed by atoms with E-state index >= 15 is 0 Å². The lowest BCUT2D eigenvalue weighted by atomic mass is 10.1. The summed E-state index contributed by atoms with van der Waals surface area (Å²) in [5.74, 6) is 0.533. The first-order valence-electron chi connectivity index (χ1n) is 7.19. The molecule has 0 saturated carbocycles. The number of carbonyl (C=O) groups excluding carboxylic acids is 1. The maximum atomic E-state index is 12.4. The smallest absolute Gasteiger partial charge is 0.242 e. The fraction of sp³-hybridized carbons (Fsp3) is 0.400. The number of methoxy groups -OCH3 is 1. The highest BCUT2D eigenvalue weighted by Gasteiger charge is 2.28. The number of anilines is 1. The molecule has 3 N–H and O–H groups in total. The molecule has 1 aliphatic heterocycles. The Labute approximate surface area is 128 Å². The molecule has 22 heavy (non-hydrogen) atoms. The summed E-state index contributed by atoms with van der Waals surface area (Å²) in [6.45, 7) is 2.39. The van der Waals surface area contributed by atoms with Crippen molar-refractivity contribution in [2.45, 2.75) is 12.6 Å². The number of rotatable bonds is 4. The Morgan fingerprint density at radius 2 is 2.32 bits per heavy atom. The molecular weight excluding hydrogens is 282 g/mol. The Morgan fingerprint density at radius 3 is 3.14 bits per heavy atom. The summed E-state index contributed by atoms with van der Waals surface area (Å²) in [6, 6.07) is 5.55. The highest BCUT2D eigenvalue weighted by molar-refractivity contribution is 5.88. The average Bonchev–Trinajstić information content (AvgIpc) is 2.52. The Morgan fingerprint density at radius 1 is 1.45 bits per heavy atom. The van der Waals surface area contributed by atoms with Gasteiger partial charge in [-0.2, -0.15) is 0 Å². The Balaban J connectivity index is 1.79. The van der Waals surface area contributed by atoms with Gasteiger partial charge < -0.3 is 20.7 Å². The maximum Gasteiger partial charge on any atom is 0.242 e. The van der Waals surface area contributed by atoms with Gasteiger partial charge in [-0.05, 0) is 17.7 Å². The van der Waals surface area contributed by atoms with Gasteiger partial charge in [0.1, 0.15) is 18.2 Å². The van der Waals surface area contributed by atoms with E-state index in [1.54, 1.807) is 7.11 Å². The zero-order chi connectivity index (χ0) is 15.5. The monoisotopic (exact) mass is 301 g/mol. The molecule has 116 valence electrons. The largest absolute Gasteiger partial charge is 0.383 e. The van der Waals surface area contributed by atoms with E-state index in [2.05, 4.69) is 15.3 Å². The molecule has 1 fully saturated rings. The number of hydrogen-bond donors (Lipinski definition) is 2. The summed E-state index contributed by atoms with van der Waals surface area (Å²) in [5.41, 5.74) is 7.64. The molecule has 2 aromatic rings. The van der Waals surface area contributed by atoms with E-state index < -0.39 is 0 Å². The molecule has 2 heterocycles. The van der Waals surface area contributed by atoms with Crippen LogP contribution in [-0.4, -0.2) is 53.6 Å². The van der Waals surface area contributed by atoms with Gasteiger partial charge in [0.05, 0.1) is 12.1 Å². The summed E-state index contributed by atoms with van der Waals surface area (Å²) in [7, 11) is 1.60. The fourth-order valence-electron chi connectivity index (χ4n) is 2.69. The number of nitrogens with zero attached hydrogens (tertiary/aromatic N) is 3. The second-order valence-electron chi connectivity index (χ2n) is 5.33. The van der Waals surface area contributed by atoms with Crippen LogP contribution in [0.3, 0.4) is 0 Å². The van der Waals surface area contributed by atoms with Crippen LogP contribution in [-0.2, 0) is 16.1 Å². The molecule has 1 aromatic heterocycles. The SMILES string of the molecule is COCC1NCCN(Cc2ccc3c(N)ncnc3c2)C1=O. The first-order valence-corrected chi connectivity index (χ1v) is 7.19. The van der Waals surface area contributed by atoms with E-state index in [-0.39, 0.29) is 11.9 Å². The molecule has 1 amide bonds. The molecule has 1 atom stereocenters. The highest BCUT2D eigenvalue weighted by atomic mass is 16.5. The Hall–Kier alpha value is -2.25. The number of amides is 1. The van der Waals surface area contributed by atoms with Crippen LogP contribution in [0.1, 0.15) is 5.56 Å². The number of piperazine rings is 1. The minimum atomic E-state index is -0.267. The molecule has 0 radical (unpaired) electrons. The fourth-order valence-corrected chi connectivity index (χ4v) is 2.69. The summed E-state index contributed by atoms with van der Waals surface area (Å²) in [6.07, 6.45) is 1.45. The van der Waals surface area contributed by atoms with Crippen LogP contribution in [0.15, 0.2) is 24.5 Å². The average molecular weight is 301 g/mol. The number of nitrogens with one attached hydrogen (secondary N) is 1. The van der Waals surface area contributed by atoms with Crippen LogP contribution in [0, 0.1) is 0 Å². The van der Waals surface area contributed by atoms with E-state index in [9.17, 15) is 4.79 Å². The van der Waals surface area contributed by atoms with Gasteiger partial charge in [-0.25, -0.2) is 9.97 Å². The first-order chi connectivity index (χ1) is 10.7. The third-order valence-corrected chi connectivity index (χ3v) is 3.82. The van der Waals surface area contributed by atoms with Crippen LogP contribution in [0.4, 0.5) is 5.82 Å². The topological polar surface area (TPSA) is 93.4 Å². The number of hydrogen-bond acceptors (Lipinski definition) is 6. The second kappa shape index (κ2) is 6.25. The van der Waals surface area contributed by atoms with Gasteiger partial charge in [-0.15, -0.1) is 0 Å². The number of ether oxygens (including phenoxy) is 1. The van der Waals surface area contributed by atoms with Crippen LogP contribution >= 0.6 is 0 Å². The number of nitrogen functional groups attached to an aromatic ring is 1. The molecule has 3 rings (SSSR count). The van der Waals surface area contributed by atoms with Crippen molar-refractivity contribution < 1.29 is 9.53 Å². The van der Waals surface area contributed by atoms with Gasteiger partial charge in [0.25, 0.3) is 0 Å². The van der Waals surface area contributed by atoms with Crippen molar-refractivity contribution in [2.24, 2.45) is 0 Å². The van der Waals surface area contributed by atoms with Gasteiger partial charge in [-0.3, -0.25) is 4.79 Å². The van der Waals surface area contributed by atoms with E-state index in [1.807, 2.05) is 23.1 Å². The molecule has 7 heteroatoms. The minimum Gasteiger partial charge on any atom is -0.383 e. The molecule has 1 unspecified atom stereocenters. The number of fused-ring (bicyclic) bond motifs is 1. The van der Waals surface area contributed by atoms with E-state index in [4.69, 9.17) is 10.5 Å². The minimum absolute atomic E-state index is 0.0652. The highest BCUT2D eigenvalue weighted by Crippen LogP contribution is 2.19. The van der Waals surface area contributed by atoms with Crippen LogP contribution in [0.2, 0.25) is 0 Å². The molecule has 1 aliphatic rings. The number of aromatic nitrogens is 2. The lowest BCUT2D eigenvalue weighted by molar-refractivity contribution is -0.137. The third-order valence-electron chi connectivity index (χ3n) is 3.82. The Bertz CT molecular complexity index is 689. The maximum absolute atomic E-state index is 12.4. The number of nitrogens with two attached hydrogens (primary N) is 1. The predicted molar refractivity (Wildman–Crippen MR) is 83.0 cm³/mol. The third kappa shape index (κ3) is 2.86. The molecule has 0 aliphatic carbocycles. The van der Waals surface area contributed by atoms with Crippen LogP contribution in [0.5, 0.6) is 0 Å². The lowest BCUT2D eigenvalue weighted by Crippen LogP contribution is -2.56. The van der Waals surface area contributed by atoms with Crippen molar-refractivity contribution in [3.8, 4) is 0 Å². The second-order valence-corrected chi connectivity index (χ2v) is 5.33. The van der Waals surface area contributed by atoms with E-state index in [1.165, 1.54) is 6.33 Å². The summed E-state index contributed by atoms with van der Waals surface area (Å²) >= 11 is 0. The van der Waals surface area contributed by atoms with Crippen LogP contribution in [0.25, 0.3) is 10.9 Å². The first kappa shape index (κ1) is 14.7. The quantitative estimate of drug-likeness (QED) is 0.835. The van der Waals surface area contributed by atoms with Crippen LogP contribution < -0.4 is 11.1 Å². The van der Waals surface area contributed by atoms with Crippen molar-refractivity contribution in [3.63, 3.8) is 0 Å². The summed E-state index contributed by atoms with van der Waals surface area (Å²) in [5, 5.41) is 4.00. The summed E-state index contributed by atoms with van der Waals surface area (Å²) < 4.78 is 5.08. The molecule has 0 bridgehead atoms. The molecule has 1 aromatic carbocycles. The van der Waals surface area contributed by atoms with E-state index in [0.29, 0.717) is 25.5 Å². The van der Waals surface area contributed by atoms with Gasteiger partial charge in [0.15, 0.2) is 0 Å². The summed E-state index contributed by atoms with van der Waals surface area (Å²) in [4.78, 5) is 22.4. The van der Waals surface area contributed by atoms with Crippen molar-refractivity contribution in [1.29, 1.82) is 0 Å². The van der Waals surface area contributed by atoms with Gasteiger partial charge in [-0.1, -0.05) is 6.07 Å². The predicted octanol–water partition coefficient (Wildman–Crippen LogP) is 0.159. The molecule has 7 nitrogen and oxygen atoms in total. The zero-order valence-corrected chi connectivity index (χ0v) is 12.5. The van der Waals surface area contributed by atoms with E-state index in [0.717, 1.165) is 23.0 Å². The Kier molecular flexibility index (Phi) is 4.17. The molecular formula is C15H19N5O2. The number of benzene rings is 1. The van der Waals surface area contributed by atoms with Crippen molar-refractivity contribution in [2.75, 3.05) is 32.5 Å². The molecule has 0 spiro atoms. The zero-order valence-electron chi connectivity index (χ0n) is 12.5. The van der Waals surface area contributed by atoms with Gasteiger partial charge in [0.2, 0.25) is 5.91 Å². The number of carbonyl (C=O) groups is 1. The van der Waals surface area contributed by atoms with Gasteiger partial charge >= 0.3 is 0 Å².